The van der Waals surface area contributed by atoms with Gasteiger partial charge in [0.2, 0.25) is 11.8 Å². The largest absolute Gasteiger partial charge is 0.355 e. The average Bonchev–Trinajstić information content (AvgIpc) is 2.29. The third-order valence-electron chi connectivity index (χ3n) is 1.96. The van der Waals surface area contributed by atoms with E-state index in [2.05, 4.69) is 10.6 Å². The molecule has 0 fully saturated rings. The second-order valence-electron chi connectivity index (χ2n) is 3.50. The summed E-state index contributed by atoms with van der Waals surface area (Å²) in [7, 11) is 0. The highest BCUT2D eigenvalue weighted by atomic mass is 16.2. The van der Waals surface area contributed by atoms with Crippen LogP contribution in [0.2, 0.25) is 0 Å². The predicted octanol–water partition coefficient (Wildman–Crippen LogP) is -2.43. The fraction of sp³-hybridized carbons (Fsp3) is 0.600. The highest BCUT2D eigenvalue weighted by molar-refractivity contribution is 6.37. The molecule has 8 heteroatoms. The molecule has 0 aliphatic heterocycles. The number of hydrogen-bond acceptors (Lipinski definition) is 5. The minimum atomic E-state index is -0.948. The SMILES string of the molecule is CC(=O)NCCNC(=O)C(=O)N(CCN)C(C)=O. The Morgan fingerprint density at radius 3 is 2.06 bits per heavy atom. The Labute approximate surface area is 105 Å². The van der Waals surface area contributed by atoms with Crippen LogP contribution in [0.4, 0.5) is 0 Å². The van der Waals surface area contributed by atoms with Crippen LogP contribution in [-0.4, -0.2) is 54.7 Å². The van der Waals surface area contributed by atoms with E-state index in [0.717, 1.165) is 4.90 Å². The van der Waals surface area contributed by atoms with E-state index in [0.29, 0.717) is 0 Å². The van der Waals surface area contributed by atoms with Crippen molar-refractivity contribution >= 4 is 23.6 Å². The van der Waals surface area contributed by atoms with Gasteiger partial charge in [0.1, 0.15) is 0 Å². The molecule has 0 heterocycles. The summed E-state index contributed by atoms with van der Waals surface area (Å²) in [4.78, 5) is 45.4. The molecule has 8 nitrogen and oxygen atoms in total. The van der Waals surface area contributed by atoms with Gasteiger partial charge in [0, 0.05) is 40.0 Å². The molecule has 4 amide bonds. The fourth-order valence-electron chi connectivity index (χ4n) is 1.14. The first kappa shape index (κ1) is 16.0. The summed E-state index contributed by atoms with van der Waals surface area (Å²) >= 11 is 0. The van der Waals surface area contributed by atoms with Crippen molar-refractivity contribution in [2.45, 2.75) is 13.8 Å². The van der Waals surface area contributed by atoms with Gasteiger partial charge in [-0.15, -0.1) is 0 Å². The molecule has 0 radical (unpaired) electrons. The van der Waals surface area contributed by atoms with Gasteiger partial charge in [0.25, 0.3) is 0 Å². The van der Waals surface area contributed by atoms with Crippen LogP contribution < -0.4 is 16.4 Å². The molecule has 0 atom stereocenters. The Morgan fingerprint density at radius 2 is 1.61 bits per heavy atom. The van der Waals surface area contributed by atoms with E-state index in [1.165, 1.54) is 13.8 Å². The van der Waals surface area contributed by atoms with E-state index >= 15 is 0 Å². The van der Waals surface area contributed by atoms with E-state index in [-0.39, 0.29) is 32.1 Å². The molecule has 102 valence electrons. The normalized spacial score (nSPS) is 9.50. The van der Waals surface area contributed by atoms with Crippen LogP contribution in [0.1, 0.15) is 13.8 Å². The number of nitrogens with two attached hydrogens (primary N) is 1. The van der Waals surface area contributed by atoms with Crippen LogP contribution in [-0.2, 0) is 19.2 Å². The molecule has 0 spiro atoms. The highest BCUT2D eigenvalue weighted by Gasteiger charge is 2.23. The standard InChI is InChI=1S/C10H18N4O4/c1-7(15)12-4-5-13-9(17)10(18)14(6-3-11)8(2)16/h3-6,11H2,1-2H3,(H,12,15)(H,13,17). The summed E-state index contributed by atoms with van der Waals surface area (Å²) in [5.41, 5.74) is 5.23. The predicted molar refractivity (Wildman–Crippen MR) is 63.1 cm³/mol. The summed E-state index contributed by atoms with van der Waals surface area (Å²) < 4.78 is 0. The minimum Gasteiger partial charge on any atom is -0.355 e. The van der Waals surface area contributed by atoms with Gasteiger partial charge in [-0.1, -0.05) is 0 Å². The fourth-order valence-corrected chi connectivity index (χ4v) is 1.14. The van der Waals surface area contributed by atoms with Crippen LogP contribution in [0.25, 0.3) is 0 Å². The zero-order valence-corrected chi connectivity index (χ0v) is 10.5. The number of carbonyl (C=O) groups is 4. The quantitative estimate of drug-likeness (QED) is 0.374. The van der Waals surface area contributed by atoms with Crippen LogP contribution >= 0.6 is 0 Å². The molecule has 0 saturated carbocycles. The molecule has 0 bridgehead atoms. The maximum absolute atomic E-state index is 11.6. The zero-order valence-electron chi connectivity index (χ0n) is 10.5. The van der Waals surface area contributed by atoms with Crippen LogP contribution in [0.15, 0.2) is 0 Å². The lowest BCUT2D eigenvalue weighted by atomic mass is 10.4. The molecule has 18 heavy (non-hydrogen) atoms. The molecule has 0 aliphatic rings. The summed E-state index contributed by atoms with van der Waals surface area (Å²) in [6, 6.07) is 0. The number of hydrogen-bond donors (Lipinski definition) is 3. The molecule has 0 aromatic carbocycles. The number of nitrogens with zero attached hydrogens (tertiary/aromatic N) is 1. The molecule has 0 aliphatic carbocycles. The van der Waals surface area contributed by atoms with Crippen LogP contribution in [0.5, 0.6) is 0 Å². The van der Waals surface area contributed by atoms with Crippen molar-refractivity contribution < 1.29 is 19.2 Å². The van der Waals surface area contributed by atoms with Gasteiger partial charge in [-0.05, 0) is 0 Å². The van der Waals surface area contributed by atoms with E-state index in [9.17, 15) is 19.2 Å². The lowest BCUT2D eigenvalue weighted by Crippen LogP contribution is -2.48. The average molecular weight is 258 g/mol. The molecule has 4 N–H and O–H groups in total. The Hall–Kier alpha value is -1.96. The molecule has 0 saturated heterocycles. The van der Waals surface area contributed by atoms with Crippen molar-refractivity contribution in [1.29, 1.82) is 0 Å². The van der Waals surface area contributed by atoms with Crippen molar-refractivity contribution in [3.63, 3.8) is 0 Å². The van der Waals surface area contributed by atoms with Gasteiger partial charge < -0.3 is 16.4 Å². The summed E-state index contributed by atoms with van der Waals surface area (Å²) in [5.74, 6) is -2.62. The lowest BCUT2D eigenvalue weighted by molar-refractivity contribution is -0.151. The molecule has 0 unspecified atom stereocenters. The Morgan fingerprint density at radius 1 is 1.06 bits per heavy atom. The smallest absolute Gasteiger partial charge is 0.318 e. The second kappa shape index (κ2) is 8.18. The molecule has 0 rings (SSSR count). The Kier molecular flexibility index (Phi) is 7.29. The maximum atomic E-state index is 11.6. The van der Waals surface area contributed by atoms with Crippen molar-refractivity contribution in [2.24, 2.45) is 5.73 Å². The number of amides is 4. The summed E-state index contributed by atoms with van der Waals surface area (Å²) in [6.07, 6.45) is 0. The van der Waals surface area contributed by atoms with E-state index in [1.54, 1.807) is 0 Å². The monoisotopic (exact) mass is 258 g/mol. The second-order valence-corrected chi connectivity index (χ2v) is 3.50. The van der Waals surface area contributed by atoms with Gasteiger partial charge in [-0.2, -0.15) is 0 Å². The van der Waals surface area contributed by atoms with E-state index in [4.69, 9.17) is 5.73 Å². The number of nitrogens with one attached hydrogen (secondary N) is 2. The minimum absolute atomic E-state index is 0.00666. The lowest BCUT2D eigenvalue weighted by Gasteiger charge is -2.17. The van der Waals surface area contributed by atoms with E-state index < -0.39 is 17.7 Å². The Balaban J connectivity index is 4.19. The van der Waals surface area contributed by atoms with Gasteiger partial charge in [0.05, 0.1) is 0 Å². The van der Waals surface area contributed by atoms with Crippen molar-refractivity contribution in [3.8, 4) is 0 Å². The van der Waals surface area contributed by atoms with Crippen LogP contribution in [0, 0.1) is 0 Å². The van der Waals surface area contributed by atoms with Gasteiger partial charge in [-0.3, -0.25) is 24.1 Å². The van der Waals surface area contributed by atoms with Crippen molar-refractivity contribution in [1.82, 2.24) is 15.5 Å². The number of imide groups is 1. The highest BCUT2D eigenvalue weighted by Crippen LogP contribution is 1.90. The molecular formula is C10H18N4O4. The van der Waals surface area contributed by atoms with Gasteiger partial charge in [-0.25, -0.2) is 0 Å². The first-order valence-corrected chi connectivity index (χ1v) is 5.45. The van der Waals surface area contributed by atoms with Crippen molar-refractivity contribution in [3.05, 3.63) is 0 Å². The Bertz CT molecular complexity index is 343. The summed E-state index contributed by atoms with van der Waals surface area (Å²) in [5, 5.41) is 4.75. The molecule has 0 aromatic heterocycles. The van der Waals surface area contributed by atoms with Crippen molar-refractivity contribution in [2.75, 3.05) is 26.2 Å². The third-order valence-corrected chi connectivity index (χ3v) is 1.96. The van der Waals surface area contributed by atoms with Gasteiger partial charge in [0.15, 0.2) is 0 Å². The number of rotatable bonds is 5. The molecule has 0 aromatic rings. The maximum Gasteiger partial charge on any atom is 0.318 e. The number of carbonyl (C=O) groups excluding carboxylic acids is 4. The molecular weight excluding hydrogens is 240 g/mol. The zero-order chi connectivity index (χ0) is 14.1. The van der Waals surface area contributed by atoms with E-state index in [1.807, 2.05) is 0 Å². The first-order valence-electron chi connectivity index (χ1n) is 5.45. The first-order chi connectivity index (χ1) is 8.40. The van der Waals surface area contributed by atoms with Gasteiger partial charge >= 0.3 is 11.8 Å². The third kappa shape index (κ3) is 5.94. The van der Waals surface area contributed by atoms with Crippen LogP contribution in [0.3, 0.4) is 0 Å². The summed E-state index contributed by atoms with van der Waals surface area (Å²) in [6.45, 7) is 2.92. The topological polar surface area (TPSA) is 122 Å².